The molecule has 2 aliphatic heterocycles. The molecule has 7 nitrogen and oxygen atoms in total. The van der Waals surface area contributed by atoms with Crippen LogP contribution >= 0.6 is 0 Å². The van der Waals surface area contributed by atoms with Gasteiger partial charge in [-0.1, -0.05) is 12.1 Å². The molecule has 0 N–H and O–H groups in total. The second kappa shape index (κ2) is 7.58. The van der Waals surface area contributed by atoms with E-state index in [9.17, 15) is 0 Å². The lowest BCUT2D eigenvalue weighted by atomic mass is 10.1. The predicted octanol–water partition coefficient (Wildman–Crippen LogP) is 2.74. The van der Waals surface area contributed by atoms with Crippen LogP contribution in [0.4, 0.5) is 17.5 Å². The Morgan fingerprint density at radius 1 is 0.607 bits per heavy atom. The third-order valence-corrected chi connectivity index (χ3v) is 5.68. The average molecular weight is 375 g/mol. The summed E-state index contributed by atoms with van der Waals surface area (Å²) in [5.74, 6) is 3.04. The van der Waals surface area contributed by atoms with Crippen molar-refractivity contribution in [1.82, 2.24) is 19.9 Å². The van der Waals surface area contributed by atoms with E-state index in [4.69, 9.17) is 4.98 Å². The summed E-state index contributed by atoms with van der Waals surface area (Å²) >= 11 is 0. The number of para-hydroxylation sites is 2. The largest absolute Gasteiger partial charge is 0.356 e. The molecule has 2 saturated heterocycles. The van der Waals surface area contributed by atoms with E-state index in [0.29, 0.717) is 0 Å². The predicted molar refractivity (Wildman–Crippen MR) is 112 cm³/mol. The quantitative estimate of drug-likeness (QED) is 0.697. The number of fused-ring (bicyclic) bond motifs is 1. The minimum Gasteiger partial charge on any atom is -0.356 e. The van der Waals surface area contributed by atoms with Crippen LogP contribution in [-0.2, 0) is 0 Å². The highest BCUT2D eigenvalue weighted by atomic mass is 15.3. The van der Waals surface area contributed by atoms with Gasteiger partial charge in [-0.05, 0) is 31.4 Å². The Morgan fingerprint density at radius 2 is 1.21 bits per heavy atom. The van der Waals surface area contributed by atoms with Gasteiger partial charge in [0.2, 0.25) is 0 Å². The number of piperidine rings is 1. The summed E-state index contributed by atoms with van der Waals surface area (Å²) in [4.78, 5) is 25.4. The Labute approximate surface area is 165 Å². The standard InChI is InChI=1S/C21H25N7/c1-4-8-26(9-5-1)19-14-20(24-16-23-19)27-10-12-28(13-11-27)21-15-22-17-6-2-3-7-18(17)25-21/h2-3,6-7,14-16H,1,4-5,8-13H2. The van der Waals surface area contributed by atoms with Gasteiger partial charge in [-0.3, -0.25) is 4.98 Å². The Balaban J connectivity index is 1.27. The smallest absolute Gasteiger partial charge is 0.147 e. The van der Waals surface area contributed by atoms with Gasteiger partial charge >= 0.3 is 0 Å². The summed E-state index contributed by atoms with van der Waals surface area (Å²) in [6.07, 6.45) is 7.43. The summed E-state index contributed by atoms with van der Waals surface area (Å²) in [7, 11) is 0. The maximum atomic E-state index is 4.78. The molecule has 2 fully saturated rings. The SMILES string of the molecule is c1ccc2nc(N3CCN(c4cc(N5CCCCC5)ncn4)CC3)cnc2c1. The molecule has 3 aromatic rings. The highest BCUT2D eigenvalue weighted by Gasteiger charge is 2.21. The highest BCUT2D eigenvalue weighted by Crippen LogP contribution is 2.23. The minimum atomic E-state index is 0.913. The zero-order chi connectivity index (χ0) is 18.8. The number of benzene rings is 1. The zero-order valence-electron chi connectivity index (χ0n) is 16.0. The molecule has 1 aromatic carbocycles. The topological polar surface area (TPSA) is 61.3 Å². The zero-order valence-corrected chi connectivity index (χ0v) is 16.0. The van der Waals surface area contributed by atoms with Crippen molar-refractivity contribution in [3.05, 3.63) is 42.9 Å². The van der Waals surface area contributed by atoms with Gasteiger partial charge in [0.05, 0.1) is 17.2 Å². The third kappa shape index (κ3) is 3.44. The van der Waals surface area contributed by atoms with E-state index in [2.05, 4.69) is 35.7 Å². The van der Waals surface area contributed by atoms with Crippen LogP contribution in [0, 0.1) is 0 Å². The van der Waals surface area contributed by atoms with E-state index in [1.807, 2.05) is 30.5 Å². The van der Waals surface area contributed by atoms with Crippen molar-refractivity contribution in [2.45, 2.75) is 19.3 Å². The van der Waals surface area contributed by atoms with E-state index in [1.165, 1.54) is 19.3 Å². The summed E-state index contributed by atoms with van der Waals surface area (Å²) in [6, 6.07) is 10.2. The first-order valence-electron chi connectivity index (χ1n) is 10.2. The number of hydrogen-bond acceptors (Lipinski definition) is 7. The molecule has 0 amide bonds. The van der Waals surface area contributed by atoms with Gasteiger partial charge in [0, 0.05) is 45.3 Å². The molecule has 2 aliphatic rings. The molecule has 144 valence electrons. The number of nitrogens with zero attached hydrogens (tertiary/aromatic N) is 7. The van der Waals surface area contributed by atoms with Crippen LogP contribution in [0.2, 0.25) is 0 Å². The highest BCUT2D eigenvalue weighted by molar-refractivity contribution is 5.75. The van der Waals surface area contributed by atoms with Crippen molar-refractivity contribution in [2.75, 3.05) is 54.0 Å². The van der Waals surface area contributed by atoms with Gasteiger partial charge in [0.15, 0.2) is 0 Å². The first-order valence-corrected chi connectivity index (χ1v) is 10.2. The van der Waals surface area contributed by atoms with Gasteiger partial charge in [-0.15, -0.1) is 0 Å². The summed E-state index contributed by atoms with van der Waals surface area (Å²) < 4.78 is 0. The van der Waals surface area contributed by atoms with Gasteiger partial charge < -0.3 is 14.7 Å². The second-order valence-electron chi connectivity index (χ2n) is 7.47. The lowest BCUT2D eigenvalue weighted by Gasteiger charge is -2.36. The molecular weight excluding hydrogens is 350 g/mol. The minimum absolute atomic E-state index is 0.913. The molecule has 0 unspecified atom stereocenters. The van der Waals surface area contributed by atoms with E-state index < -0.39 is 0 Å². The Hall–Kier alpha value is -2.96. The van der Waals surface area contributed by atoms with Gasteiger partial charge in [-0.25, -0.2) is 15.0 Å². The van der Waals surface area contributed by atoms with E-state index in [-0.39, 0.29) is 0 Å². The summed E-state index contributed by atoms with van der Waals surface area (Å²) in [6.45, 7) is 5.87. The second-order valence-corrected chi connectivity index (χ2v) is 7.47. The molecule has 28 heavy (non-hydrogen) atoms. The molecule has 5 rings (SSSR count). The molecule has 0 aliphatic carbocycles. The fourth-order valence-electron chi connectivity index (χ4n) is 4.07. The summed E-state index contributed by atoms with van der Waals surface area (Å²) in [5, 5.41) is 0. The van der Waals surface area contributed by atoms with Crippen LogP contribution in [0.3, 0.4) is 0 Å². The monoisotopic (exact) mass is 375 g/mol. The van der Waals surface area contributed by atoms with Crippen molar-refractivity contribution in [1.29, 1.82) is 0 Å². The first-order chi connectivity index (χ1) is 13.9. The third-order valence-electron chi connectivity index (χ3n) is 5.68. The molecule has 0 radical (unpaired) electrons. The first kappa shape index (κ1) is 17.2. The van der Waals surface area contributed by atoms with Crippen molar-refractivity contribution >= 4 is 28.5 Å². The van der Waals surface area contributed by atoms with Gasteiger partial charge in [0.25, 0.3) is 0 Å². The van der Waals surface area contributed by atoms with E-state index in [0.717, 1.165) is 67.8 Å². The van der Waals surface area contributed by atoms with Crippen molar-refractivity contribution < 1.29 is 0 Å². The maximum absolute atomic E-state index is 4.78. The Morgan fingerprint density at radius 3 is 1.93 bits per heavy atom. The van der Waals surface area contributed by atoms with Crippen LogP contribution in [0.1, 0.15) is 19.3 Å². The molecule has 0 saturated carbocycles. The van der Waals surface area contributed by atoms with Gasteiger partial charge in [-0.2, -0.15) is 0 Å². The van der Waals surface area contributed by atoms with Gasteiger partial charge in [0.1, 0.15) is 23.8 Å². The number of hydrogen-bond donors (Lipinski definition) is 0. The number of piperazine rings is 1. The van der Waals surface area contributed by atoms with E-state index in [1.54, 1.807) is 6.33 Å². The van der Waals surface area contributed by atoms with Crippen LogP contribution in [0.5, 0.6) is 0 Å². The van der Waals surface area contributed by atoms with Crippen LogP contribution < -0.4 is 14.7 Å². The van der Waals surface area contributed by atoms with Crippen molar-refractivity contribution in [2.24, 2.45) is 0 Å². The lowest BCUT2D eigenvalue weighted by Crippen LogP contribution is -2.47. The normalized spacial score (nSPS) is 17.9. The van der Waals surface area contributed by atoms with Crippen molar-refractivity contribution in [3.8, 4) is 0 Å². The molecule has 4 heterocycles. The van der Waals surface area contributed by atoms with Crippen molar-refractivity contribution in [3.63, 3.8) is 0 Å². The number of anilines is 3. The number of rotatable bonds is 3. The lowest BCUT2D eigenvalue weighted by molar-refractivity contribution is 0.572. The Bertz CT molecular complexity index is 946. The fraction of sp³-hybridized carbons (Fsp3) is 0.429. The Kier molecular flexibility index (Phi) is 4.64. The summed E-state index contributed by atoms with van der Waals surface area (Å²) in [5.41, 5.74) is 1.89. The molecule has 7 heteroatoms. The average Bonchev–Trinajstić information content (AvgIpc) is 2.79. The van der Waals surface area contributed by atoms with Crippen LogP contribution in [0.25, 0.3) is 11.0 Å². The molecule has 0 bridgehead atoms. The van der Waals surface area contributed by atoms with Crippen LogP contribution in [0.15, 0.2) is 42.9 Å². The molecule has 0 atom stereocenters. The molecular formula is C21H25N7. The van der Waals surface area contributed by atoms with E-state index >= 15 is 0 Å². The molecule has 0 spiro atoms. The van der Waals surface area contributed by atoms with Crippen LogP contribution in [-0.4, -0.2) is 59.2 Å². The maximum Gasteiger partial charge on any atom is 0.147 e. The number of aromatic nitrogens is 4. The fourth-order valence-corrected chi connectivity index (χ4v) is 4.07. The molecule has 2 aromatic heterocycles.